The molecule has 3 aliphatic rings. The van der Waals surface area contributed by atoms with Crippen LogP contribution in [0.25, 0.3) is 0 Å². The highest BCUT2D eigenvalue weighted by atomic mass is 32.2. The lowest BCUT2D eigenvalue weighted by Crippen LogP contribution is -2.55. The van der Waals surface area contributed by atoms with E-state index in [4.69, 9.17) is 5.11 Å². The maximum atomic E-state index is 13.5. The third-order valence-corrected chi connectivity index (χ3v) is 8.72. The summed E-state index contributed by atoms with van der Waals surface area (Å²) in [5, 5.41) is 15.0. The Balaban J connectivity index is 1.87. The number of rotatable bonds is 10. The van der Waals surface area contributed by atoms with Crippen LogP contribution in [-0.4, -0.2) is 70.0 Å². The Hall–Kier alpha value is -1.28. The van der Waals surface area contributed by atoms with Crippen molar-refractivity contribution in [2.24, 2.45) is 11.8 Å². The summed E-state index contributed by atoms with van der Waals surface area (Å²) in [5.74, 6) is -0.961. The minimum atomic E-state index is -0.516. The lowest BCUT2D eigenvalue weighted by atomic mass is 9.70. The van der Waals surface area contributed by atoms with Gasteiger partial charge < -0.3 is 20.6 Å². The standard InChI is InChI=1S/C21H35N3O4S/c1-4-8-13(2)23-19(27)17-21-10-9-14(29-21)15(18(26)22-3)16(21)20(28)24(17)11-6-5-7-12-25/h13-17,25H,4-12H2,1-3H3,(H,22,26)(H,23,27)/t13?,14-,15+,16-,17?,21?/m0/s1. The molecule has 3 rings (SSSR count). The smallest absolute Gasteiger partial charge is 0.244 e. The Bertz CT molecular complexity index is 645. The SMILES string of the molecule is CCCC(C)NC(=O)C1N(CCCCCO)C(=O)[C@@H]2[C@H](C(=O)NC)[C@@H]3CCC12S3. The van der Waals surface area contributed by atoms with Gasteiger partial charge in [-0.3, -0.25) is 14.4 Å². The van der Waals surface area contributed by atoms with Gasteiger partial charge in [0.1, 0.15) is 6.04 Å². The van der Waals surface area contributed by atoms with E-state index < -0.39 is 16.7 Å². The predicted molar refractivity (Wildman–Crippen MR) is 113 cm³/mol. The van der Waals surface area contributed by atoms with Gasteiger partial charge in [0.05, 0.1) is 16.6 Å². The van der Waals surface area contributed by atoms with Crippen LogP contribution in [0, 0.1) is 11.8 Å². The van der Waals surface area contributed by atoms with E-state index in [1.807, 2.05) is 6.92 Å². The Morgan fingerprint density at radius 3 is 2.72 bits per heavy atom. The van der Waals surface area contributed by atoms with Gasteiger partial charge >= 0.3 is 0 Å². The minimum absolute atomic E-state index is 0.0411. The molecule has 2 bridgehead atoms. The summed E-state index contributed by atoms with van der Waals surface area (Å²) in [7, 11) is 1.62. The Labute approximate surface area is 177 Å². The second-order valence-corrected chi connectivity index (χ2v) is 10.3. The number of nitrogens with one attached hydrogen (secondary N) is 2. The first-order valence-electron chi connectivity index (χ1n) is 11.0. The van der Waals surface area contributed by atoms with Crippen LogP contribution in [0.15, 0.2) is 0 Å². The van der Waals surface area contributed by atoms with E-state index in [0.29, 0.717) is 13.0 Å². The summed E-state index contributed by atoms with van der Waals surface area (Å²) in [6.45, 7) is 4.73. The molecular formula is C21H35N3O4S. The molecule has 1 spiro atoms. The highest BCUT2D eigenvalue weighted by Crippen LogP contribution is 2.66. The van der Waals surface area contributed by atoms with Crippen molar-refractivity contribution in [1.29, 1.82) is 0 Å². The minimum Gasteiger partial charge on any atom is -0.396 e. The zero-order chi connectivity index (χ0) is 21.2. The second kappa shape index (κ2) is 9.25. The summed E-state index contributed by atoms with van der Waals surface area (Å²) in [6, 6.07) is -0.453. The molecule has 0 saturated carbocycles. The third kappa shape index (κ3) is 3.90. The maximum Gasteiger partial charge on any atom is 0.244 e. The van der Waals surface area contributed by atoms with Gasteiger partial charge in [0.15, 0.2) is 0 Å². The largest absolute Gasteiger partial charge is 0.396 e. The van der Waals surface area contributed by atoms with E-state index >= 15 is 0 Å². The molecule has 3 fully saturated rings. The van der Waals surface area contributed by atoms with Gasteiger partial charge in [0, 0.05) is 31.5 Å². The summed E-state index contributed by atoms with van der Waals surface area (Å²) in [5.41, 5.74) is 0. The van der Waals surface area contributed by atoms with E-state index in [1.54, 1.807) is 23.7 Å². The molecule has 0 aromatic heterocycles. The van der Waals surface area contributed by atoms with E-state index in [-0.39, 0.29) is 41.5 Å². The van der Waals surface area contributed by atoms with Gasteiger partial charge in [-0.05, 0) is 45.4 Å². The Morgan fingerprint density at radius 1 is 1.31 bits per heavy atom. The number of carbonyl (C=O) groups is 3. The zero-order valence-electron chi connectivity index (χ0n) is 17.8. The fourth-order valence-corrected chi connectivity index (χ4v) is 7.78. The van der Waals surface area contributed by atoms with Crippen molar-refractivity contribution in [3.63, 3.8) is 0 Å². The van der Waals surface area contributed by atoms with E-state index in [0.717, 1.165) is 38.5 Å². The molecule has 6 atom stereocenters. The van der Waals surface area contributed by atoms with Gasteiger partial charge in [-0.25, -0.2) is 0 Å². The number of likely N-dealkylation sites (tertiary alicyclic amines) is 1. The lowest BCUT2D eigenvalue weighted by Gasteiger charge is -2.35. The molecule has 3 amide bonds. The first-order valence-corrected chi connectivity index (χ1v) is 11.9. The fourth-order valence-electron chi connectivity index (χ4n) is 5.56. The molecule has 0 aromatic rings. The third-order valence-electron chi connectivity index (χ3n) is 6.77. The van der Waals surface area contributed by atoms with Crippen LogP contribution in [-0.2, 0) is 14.4 Å². The molecule has 3 heterocycles. The topological polar surface area (TPSA) is 98.7 Å². The highest BCUT2D eigenvalue weighted by Gasteiger charge is 2.73. The second-order valence-electron chi connectivity index (χ2n) is 8.68. The summed E-state index contributed by atoms with van der Waals surface area (Å²) >= 11 is 1.71. The van der Waals surface area contributed by atoms with Crippen LogP contribution in [0.2, 0.25) is 0 Å². The average molecular weight is 426 g/mol. The van der Waals surface area contributed by atoms with Crippen molar-refractivity contribution in [3.8, 4) is 0 Å². The first kappa shape index (κ1) is 22.4. The van der Waals surface area contributed by atoms with Crippen molar-refractivity contribution < 1.29 is 19.5 Å². The van der Waals surface area contributed by atoms with Crippen LogP contribution < -0.4 is 10.6 Å². The molecule has 3 N–H and O–H groups in total. The molecule has 29 heavy (non-hydrogen) atoms. The molecule has 0 aromatic carbocycles. The van der Waals surface area contributed by atoms with Crippen molar-refractivity contribution in [3.05, 3.63) is 0 Å². The van der Waals surface area contributed by atoms with Gasteiger partial charge in [-0.15, -0.1) is 11.8 Å². The zero-order valence-corrected chi connectivity index (χ0v) is 18.6. The van der Waals surface area contributed by atoms with Crippen LogP contribution >= 0.6 is 11.8 Å². The van der Waals surface area contributed by atoms with Crippen LogP contribution in [0.4, 0.5) is 0 Å². The number of thioether (sulfide) groups is 1. The van der Waals surface area contributed by atoms with E-state index in [2.05, 4.69) is 17.6 Å². The highest BCUT2D eigenvalue weighted by molar-refractivity contribution is 8.02. The molecular weight excluding hydrogens is 390 g/mol. The van der Waals surface area contributed by atoms with Crippen LogP contribution in [0.5, 0.6) is 0 Å². The number of hydrogen-bond acceptors (Lipinski definition) is 5. The maximum absolute atomic E-state index is 13.5. The van der Waals surface area contributed by atoms with E-state index in [9.17, 15) is 14.4 Å². The molecule has 7 nitrogen and oxygen atoms in total. The molecule has 3 aliphatic heterocycles. The lowest BCUT2D eigenvalue weighted by molar-refractivity contribution is -0.140. The summed E-state index contributed by atoms with van der Waals surface area (Å²) in [4.78, 5) is 41.2. The molecule has 8 heteroatoms. The number of aliphatic hydroxyl groups excluding tert-OH is 1. The number of fused-ring (bicyclic) bond motifs is 1. The average Bonchev–Trinajstić information content (AvgIpc) is 3.32. The summed E-state index contributed by atoms with van der Waals surface area (Å²) < 4.78 is -0.494. The molecule has 3 unspecified atom stereocenters. The van der Waals surface area contributed by atoms with Crippen molar-refractivity contribution in [2.45, 2.75) is 80.9 Å². The molecule has 0 aliphatic carbocycles. The fraction of sp³-hybridized carbons (Fsp3) is 0.857. The number of aliphatic hydroxyl groups is 1. The first-order chi connectivity index (χ1) is 13.9. The van der Waals surface area contributed by atoms with Gasteiger partial charge in [0.25, 0.3) is 0 Å². The predicted octanol–water partition coefficient (Wildman–Crippen LogP) is 1.29. The van der Waals surface area contributed by atoms with Crippen LogP contribution in [0.3, 0.4) is 0 Å². The Kier molecular flexibility index (Phi) is 7.14. The van der Waals surface area contributed by atoms with Gasteiger partial charge in [-0.1, -0.05) is 13.3 Å². The normalized spacial score (nSPS) is 33.7. The van der Waals surface area contributed by atoms with Crippen molar-refractivity contribution in [2.75, 3.05) is 20.2 Å². The Morgan fingerprint density at radius 2 is 2.07 bits per heavy atom. The molecule has 164 valence electrons. The van der Waals surface area contributed by atoms with E-state index in [1.165, 1.54) is 0 Å². The van der Waals surface area contributed by atoms with Gasteiger partial charge in [-0.2, -0.15) is 0 Å². The number of hydrogen-bond donors (Lipinski definition) is 3. The number of unbranched alkanes of at least 4 members (excludes halogenated alkanes) is 2. The number of amides is 3. The van der Waals surface area contributed by atoms with Gasteiger partial charge in [0.2, 0.25) is 17.7 Å². The molecule has 0 radical (unpaired) electrons. The van der Waals surface area contributed by atoms with Crippen molar-refractivity contribution >= 4 is 29.5 Å². The number of nitrogens with zero attached hydrogens (tertiary/aromatic N) is 1. The monoisotopic (exact) mass is 425 g/mol. The molecule has 3 saturated heterocycles. The van der Waals surface area contributed by atoms with Crippen LogP contribution in [0.1, 0.15) is 58.8 Å². The number of carbonyl (C=O) groups excluding carboxylic acids is 3. The summed E-state index contributed by atoms with van der Waals surface area (Å²) in [6.07, 6.45) is 5.82. The quantitative estimate of drug-likeness (QED) is 0.458. The van der Waals surface area contributed by atoms with Crippen molar-refractivity contribution in [1.82, 2.24) is 15.5 Å².